The Morgan fingerprint density at radius 3 is 0.858 bits per heavy atom. The molecule has 0 aliphatic rings. The van der Waals surface area contributed by atoms with Crippen molar-refractivity contribution in [1.82, 2.24) is 0 Å². The number of aryl methyl sites for hydroxylation is 10. The second kappa shape index (κ2) is 40.3. The zero-order valence-electron chi connectivity index (χ0n) is 78.5. The summed E-state index contributed by atoms with van der Waals surface area (Å²) in [7, 11) is 10.9. The molecule has 5 nitrogen and oxygen atoms in total. The van der Waals surface area contributed by atoms with E-state index in [-0.39, 0.29) is 5.41 Å². The molecule has 5 aromatic carbocycles. The Kier molecular flexibility index (Phi) is 34.4. The van der Waals surface area contributed by atoms with Gasteiger partial charge in [0, 0.05) is 0 Å². The van der Waals surface area contributed by atoms with E-state index in [0.29, 0.717) is 17.3 Å². The van der Waals surface area contributed by atoms with Crippen molar-refractivity contribution in [3.8, 4) is 56.3 Å². The van der Waals surface area contributed by atoms with Crippen molar-refractivity contribution in [2.45, 2.75) is 260 Å². The Morgan fingerprint density at radius 2 is 0.575 bits per heavy atom. The first-order chi connectivity index (χ1) is 52.3. The molecule has 0 N–H and O–H groups in total. The minimum absolute atomic E-state index is 0.190. The summed E-state index contributed by atoms with van der Waals surface area (Å²) in [5.74, 6) is 39.7. The number of benzene rings is 5. The van der Waals surface area contributed by atoms with Crippen LogP contribution in [0.3, 0.4) is 0 Å². The van der Waals surface area contributed by atoms with E-state index in [2.05, 4.69) is 445 Å². The van der Waals surface area contributed by atoms with E-state index in [0.717, 1.165) is 12.3 Å². The van der Waals surface area contributed by atoms with Gasteiger partial charge in [-0.15, -0.1) is 0 Å². The summed E-state index contributed by atoms with van der Waals surface area (Å²) in [5.41, 5.74) is 28.6. The Bertz CT molecular complexity index is 4830. The quantitative estimate of drug-likeness (QED) is 0.0568. The molecule has 5 heterocycles. The van der Waals surface area contributed by atoms with Crippen LogP contribution in [0.25, 0.3) is 56.3 Å². The van der Waals surface area contributed by atoms with Crippen molar-refractivity contribution in [2.75, 3.05) is 0 Å². The second-order valence-corrected chi connectivity index (χ2v) is 93.5. The second-order valence-electron chi connectivity index (χ2n) is 40.6. The van der Waals surface area contributed by atoms with Crippen molar-refractivity contribution >= 4 is 88.3 Å². The van der Waals surface area contributed by atoms with E-state index in [4.69, 9.17) is 0 Å². The van der Waals surface area contributed by atoms with Crippen molar-refractivity contribution in [1.29, 1.82) is 0 Å². The Balaban J connectivity index is 0.000000220. The molecule has 608 valence electrons. The van der Waals surface area contributed by atoms with Gasteiger partial charge in [0.1, 0.15) is 0 Å². The maximum absolute atomic E-state index is 2.52. The molecule has 0 spiro atoms. The number of aromatic nitrogens is 5. The molecule has 0 amide bonds. The number of hydrogen-bond acceptors (Lipinski definition) is 0. The van der Waals surface area contributed by atoms with Gasteiger partial charge in [-0.05, 0) is 0 Å². The molecule has 113 heavy (non-hydrogen) atoms. The first-order valence-electron chi connectivity index (χ1n) is 42.8. The molecule has 0 bridgehead atoms. The summed E-state index contributed by atoms with van der Waals surface area (Å²) in [4.78, 5) is 0. The summed E-state index contributed by atoms with van der Waals surface area (Å²) in [6, 6.07) is 56.0. The predicted octanol–water partition coefficient (Wildman–Crippen LogP) is 23.1. The van der Waals surface area contributed by atoms with E-state index in [1.54, 1.807) is 44.2 Å². The van der Waals surface area contributed by atoms with Crippen molar-refractivity contribution in [2.24, 2.45) is 46.6 Å². The molecule has 0 fully saturated rings. The zero-order chi connectivity index (χ0) is 85.0. The summed E-state index contributed by atoms with van der Waals surface area (Å²) in [6.07, 6.45) is 19.2. The summed E-state index contributed by atoms with van der Waals surface area (Å²) < 4.78 is 19.9. The van der Waals surface area contributed by atoms with Gasteiger partial charge in [0.2, 0.25) is 0 Å². The molecule has 5 aromatic heterocycles. The van der Waals surface area contributed by atoms with Crippen LogP contribution in [0.15, 0.2) is 183 Å². The summed E-state index contributed by atoms with van der Waals surface area (Å²) in [5, 5.41) is 0. The fourth-order valence-electron chi connectivity index (χ4n) is 16.0. The first kappa shape index (κ1) is 96.4. The van der Waals surface area contributed by atoms with E-state index in [9.17, 15) is 0 Å². The fraction of sp³-hybridized carbons (Fsp3) is 0.466. The average molecular weight is 1830 g/mol. The van der Waals surface area contributed by atoms with Gasteiger partial charge < -0.3 is 0 Å². The monoisotopic (exact) mass is 1830 g/mol. The van der Waals surface area contributed by atoms with Crippen molar-refractivity contribution in [3.63, 3.8) is 0 Å². The van der Waals surface area contributed by atoms with Crippen molar-refractivity contribution < 1.29 is 22.8 Å². The molecule has 2 atom stereocenters. The SMILES string of the molecule is CCC(C)Cc1c[n+](C)c(-c2ccccc2C)c[c]1[Ge]([CH3])([CH3])[CH3].CCC(C)c1c[n+](C)c(-c2ccccc2C)c[c]1[Ge]([CH3])([CH3])[CH3].CCC(CC)c1c[n+](C)c(-c2ccccc2C)c[c]1[Ge]([CH3])([CH3])[CH3].Cc1ccccc1-c1c[c]([Ge]([CH3])([CH3])[CH3])c(C(C)(C)C)c[n+]1C.Cc1ccccc1-c1c[c]([Ge]([CH3])([CH3])[CH3])c(CC(C)(C)C)c[n+]1C. The molecule has 10 rings (SSSR count). The zero-order valence-corrected chi connectivity index (χ0v) is 89.0. The van der Waals surface area contributed by atoms with Gasteiger partial charge in [0.15, 0.2) is 0 Å². The molecule has 2 unspecified atom stereocenters. The molecule has 10 heteroatoms. The summed E-state index contributed by atoms with van der Waals surface area (Å²) in [6.45, 7) is 39.0. The first-order valence-corrected chi connectivity index (χ1v) is 79.5. The third-order valence-electron chi connectivity index (χ3n) is 23.1. The van der Waals surface area contributed by atoms with Crippen LogP contribution in [0, 0.1) is 46.0 Å². The number of pyridine rings is 5. The van der Waals surface area contributed by atoms with Crippen LogP contribution in [0.1, 0.15) is 176 Å². The van der Waals surface area contributed by atoms with Gasteiger partial charge >= 0.3 is 712 Å². The molecule has 0 radical (unpaired) electrons. The average Bonchev–Trinajstić information content (AvgIpc) is 0.765. The predicted molar refractivity (Wildman–Crippen MR) is 511 cm³/mol. The van der Waals surface area contributed by atoms with E-state index in [1.165, 1.54) is 122 Å². The number of rotatable bonds is 19. The summed E-state index contributed by atoms with van der Waals surface area (Å²) >= 11 is -9.64. The maximum atomic E-state index is 2.52. The topological polar surface area (TPSA) is 19.4 Å². The molecule has 10 aromatic rings. The molecule has 0 saturated heterocycles. The van der Waals surface area contributed by atoms with Gasteiger partial charge in [-0.2, -0.15) is 0 Å². The van der Waals surface area contributed by atoms with E-state index in [1.807, 2.05) is 0 Å². The van der Waals surface area contributed by atoms with Crippen LogP contribution in [-0.2, 0) is 53.5 Å². The molecule has 0 saturated carbocycles. The molecular formula is C103H156Ge5N5+5. The van der Waals surface area contributed by atoms with E-state index < -0.39 is 66.3 Å². The Morgan fingerprint density at radius 1 is 0.310 bits per heavy atom. The minimum atomic E-state index is -1.94. The number of nitrogens with zero attached hydrogens (tertiary/aromatic N) is 5. The normalized spacial score (nSPS) is 12.7. The number of hydrogen-bond donors (Lipinski definition) is 0. The van der Waals surface area contributed by atoms with Crippen LogP contribution < -0.4 is 44.8 Å². The van der Waals surface area contributed by atoms with Crippen molar-refractivity contribution in [3.05, 3.63) is 238 Å². The van der Waals surface area contributed by atoms with Gasteiger partial charge in [0.25, 0.3) is 0 Å². The van der Waals surface area contributed by atoms with E-state index >= 15 is 0 Å². The Labute approximate surface area is 705 Å². The van der Waals surface area contributed by atoms with Crippen LogP contribution in [0.4, 0.5) is 0 Å². The molecule has 0 aliphatic carbocycles. The van der Waals surface area contributed by atoms with Gasteiger partial charge in [-0.25, -0.2) is 0 Å². The van der Waals surface area contributed by atoms with Crippen LogP contribution in [0.5, 0.6) is 0 Å². The standard InChI is InChI=1S/3C21H32GeN.2C20H30GeN/c1-16-11-9-10-12-18(16)20-13-19(22(5,6)7)17(15-23(20)8)14-21(2,3)4;1-8-16(2)13-18-15-23(7)21(14-20(18)22(4,5)6)19-12-10-9-11-17(19)3;1-8-17(9-2)19-15-23(7)21(14-20(19)22(4,5)6)18-13-11-10-12-16(18)3;1-15-11-9-10-12-16(15)19-13-18(21(5,6)7)17(14-22(19)8)20(2,3)4;1-8-15(2)18-14-22(7)20(13-19(18)21(4,5)6)17-12-10-9-11-16(17)3/h9-13,15H,14H2,1-8H3;9-12,14-16H,8,13H2,1-7H3;10-15,17H,8-9H2,1-7H3;9-14H,1-8H3;9-15H,8H2,1-7H3/q5*+1. The van der Waals surface area contributed by atoms with Gasteiger partial charge in [-0.3, -0.25) is 0 Å². The third kappa shape index (κ3) is 26.3. The Hall–Kier alpha value is -5.44. The fourth-order valence-corrected chi connectivity index (χ4v) is 34.2. The van der Waals surface area contributed by atoms with Crippen LogP contribution >= 0.6 is 0 Å². The van der Waals surface area contributed by atoms with Gasteiger partial charge in [-0.1, -0.05) is 0 Å². The van der Waals surface area contributed by atoms with Crippen LogP contribution in [0.2, 0.25) is 86.3 Å². The third-order valence-corrected chi connectivity index (χ3v) is 44.7. The van der Waals surface area contributed by atoms with Crippen LogP contribution in [-0.4, -0.2) is 66.3 Å². The van der Waals surface area contributed by atoms with Gasteiger partial charge in [0.05, 0.1) is 0 Å². The molecule has 0 aliphatic heterocycles. The molecular weight excluding hydrogens is 1670 g/mol.